The van der Waals surface area contributed by atoms with E-state index in [2.05, 4.69) is 0 Å². The van der Waals surface area contributed by atoms with Crippen LogP contribution in [0.4, 0.5) is 4.39 Å². The molecule has 0 bridgehead atoms. The maximum atomic E-state index is 12.1. The molecule has 1 saturated carbocycles. The molecule has 0 aliphatic heterocycles. The smallest absolute Gasteiger partial charge is 0.124 e. The first kappa shape index (κ1) is 12.8. The van der Waals surface area contributed by atoms with E-state index in [-0.39, 0.29) is 0 Å². The van der Waals surface area contributed by atoms with E-state index in [4.69, 9.17) is 5.11 Å². The highest BCUT2D eigenvalue weighted by atomic mass is 19.1. The third-order valence-corrected chi connectivity index (χ3v) is 2.87. The Bertz CT molecular complexity index is 209. The van der Waals surface area contributed by atoms with Gasteiger partial charge in [-0.1, -0.05) is 0 Å². The standard InChI is InChI=1S/C8H15FO6/c9-2-1-8(15)6(13)4(11)3(10)5(12)7(8)14/h3-7,10-15H,1-2H2/t3-,4?,5?,6+,7?,8+/m1/s1. The molecule has 1 fully saturated rings. The zero-order valence-electron chi connectivity index (χ0n) is 7.86. The third kappa shape index (κ3) is 1.86. The fourth-order valence-electron chi connectivity index (χ4n) is 1.79. The highest BCUT2D eigenvalue weighted by Gasteiger charge is 2.57. The van der Waals surface area contributed by atoms with Crippen molar-refractivity contribution in [2.75, 3.05) is 6.67 Å². The molecule has 7 heteroatoms. The van der Waals surface area contributed by atoms with Gasteiger partial charge in [-0.05, 0) is 0 Å². The van der Waals surface area contributed by atoms with Gasteiger partial charge in [-0.2, -0.15) is 0 Å². The fraction of sp³-hybridized carbons (Fsp3) is 1.00. The molecule has 0 aromatic carbocycles. The van der Waals surface area contributed by atoms with E-state index >= 15 is 0 Å². The van der Waals surface area contributed by atoms with Crippen LogP contribution < -0.4 is 0 Å². The lowest BCUT2D eigenvalue weighted by Gasteiger charge is -2.47. The van der Waals surface area contributed by atoms with Crippen molar-refractivity contribution in [1.82, 2.24) is 0 Å². The summed E-state index contributed by atoms with van der Waals surface area (Å²) in [7, 11) is 0. The van der Waals surface area contributed by atoms with Crippen LogP contribution in [0, 0.1) is 0 Å². The molecular weight excluding hydrogens is 211 g/mol. The molecule has 1 aliphatic rings. The van der Waals surface area contributed by atoms with E-state index in [0.29, 0.717) is 0 Å². The van der Waals surface area contributed by atoms with Crippen LogP contribution in [-0.4, -0.2) is 73.4 Å². The van der Waals surface area contributed by atoms with E-state index in [1.165, 1.54) is 0 Å². The van der Waals surface area contributed by atoms with Crippen LogP contribution in [0.3, 0.4) is 0 Å². The van der Waals surface area contributed by atoms with Gasteiger partial charge in [0.1, 0.15) is 36.1 Å². The van der Waals surface area contributed by atoms with E-state index in [1.807, 2.05) is 0 Å². The molecule has 6 N–H and O–H groups in total. The number of hydrogen-bond acceptors (Lipinski definition) is 6. The van der Waals surface area contributed by atoms with Gasteiger partial charge >= 0.3 is 0 Å². The van der Waals surface area contributed by atoms with Gasteiger partial charge in [-0.15, -0.1) is 0 Å². The molecule has 3 unspecified atom stereocenters. The molecule has 0 radical (unpaired) electrons. The van der Waals surface area contributed by atoms with Crippen LogP contribution in [0.5, 0.6) is 0 Å². The number of hydrogen-bond donors (Lipinski definition) is 6. The van der Waals surface area contributed by atoms with Gasteiger partial charge in [0.2, 0.25) is 0 Å². The summed E-state index contributed by atoms with van der Waals surface area (Å²) in [6, 6.07) is 0. The van der Waals surface area contributed by atoms with Crippen LogP contribution >= 0.6 is 0 Å². The molecule has 0 spiro atoms. The zero-order valence-corrected chi connectivity index (χ0v) is 7.86. The Balaban J connectivity index is 2.95. The lowest BCUT2D eigenvalue weighted by molar-refractivity contribution is -0.270. The molecule has 0 heterocycles. The van der Waals surface area contributed by atoms with Crippen molar-refractivity contribution in [3.63, 3.8) is 0 Å². The highest BCUT2D eigenvalue weighted by molar-refractivity contribution is 5.08. The Morgan fingerprint density at radius 2 is 1.27 bits per heavy atom. The predicted molar refractivity (Wildman–Crippen MR) is 45.6 cm³/mol. The molecule has 0 saturated heterocycles. The van der Waals surface area contributed by atoms with E-state index in [0.717, 1.165) is 0 Å². The summed E-state index contributed by atoms with van der Waals surface area (Å²) < 4.78 is 12.1. The van der Waals surface area contributed by atoms with Crippen molar-refractivity contribution in [3.05, 3.63) is 0 Å². The summed E-state index contributed by atoms with van der Waals surface area (Å²) in [5, 5.41) is 56.1. The predicted octanol–water partition coefficient (Wildman–Crippen LogP) is -3.10. The number of aliphatic hydroxyl groups excluding tert-OH is 5. The van der Waals surface area contributed by atoms with Crippen molar-refractivity contribution in [1.29, 1.82) is 0 Å². The monoisotopic (exact) mass is 226 g/mol. The van der Waals surface area contributed by atoms with Crippen LogP contribution in [-0.2, 0) is 0 Å². The summed E-state index contributed by atoms with van der Waals surface area (Å²) in [5.41, 5.74) is -2.35. The second-order valence-electron chi connectivity index (χ2n) is 3.79. The second-order valence-corrected chi connectivity index (χ2v) is 3.79. The first-order valence-electron chi connectivity index (χ1n) is 4.55. The van der Waals surface area contributed by atoms with Crippen LogP contribution in [0.25, 0.3) is 0 Å². The normalized spacial score (nSPS) is 51.8. The Kier molecular flexibility index (Phi) is 3.64. The number of rotatable bonds is 2. The first-order chi connectivity index (χ1) is 6.86. The Morgan fingerprint density at radius 3 is 1.60 bits per heavy atom. The summed E-state index contributed by atoms with van der Waals surface area (Å²) in [6.45, 7) is -1.04. The molecule has 6 nitrogen and oxygen atoms in total. The van der Waals surface area contributed by atoms with E-state index in [9.17, 15) is 29.9 Å². The fourth-order valence-corrected chi connectivity index (χ4v) is 1.79. The Labute approximate surface area is 85.2 Å². The van der Waals surface area contributed by atoms with E-state index < -0.39 is 49.2 Å². The maximum absolute atomic E-state index is 12.1. The molecule has 1 rings (SSSR count). The quantitative estimate of drug-likeness (QED) is 0.296. The Morgan fingerprint density at radius 1 is 0.867 bits per heavy atom. The topological polar surface area (TPSA) is 121 Å². The van der Waals surface area contributed by atoms with E-state index in [1.54, 1.807) is 0 Å². The molecule has 0 aromatic rings. The van der Waals surface area contributed by atoms with Gasteiger partial charge in [-0.25, -0.2) is 0 Å². The zero-order chi connectivity index (χ0) is 11.8. The molecule has 1 aliphatic carbocycles. The minimum Gasteiger partial charge on any atom is -0.387 e. The first-order valence-corrected chi connectivity index (χ1v) is 4.55. The van der Waals surface area contributed by atoms with Gasteiger partial charge in [0.15, 0.2) is 0 Å². The largest absolute Gasteiger partial charge is 0.387 e. The average Bonchev–Trinajstić information content (AvgIpc) is 2.22. The lowest BCUT2D eigenvalue weighted by atomic mass is 9.73. The van der Waals surface area contributed by atoms with Crippen molar-refractivity contribution < 1.29 is 35.0 Å². The van der Waals surface area contributed by atoms with Gasteiger partial charge in [0.05, 0.1) is 6.67 Å². The van der Waals surface area contributed by atoms with Crippen molar-refractivity contribution in [3.8, 4) is 0 Å². The average molecular weight is 226 g/mol. The van der Waals surface area contributed by atoms with Gasteiger partial charge in [0, 0.05) is 6.42 Å². The Hall–Kier alpha value is -0.310. The molecule has 90 valence electrons. The lowest BCUT2D eigenvalue weighted by Crippen LogP contribution is -2.70. The number of alkyl halides is 1. The van der Waals surface area contributed by atoms with Crippen molar-refractivity contribution in [2.24, 2.45) is 0 Å². The minimum atomic E-state index is -2.35. The second kappa shape index (κ2) is 4.28. The molecule has 0 amide bonds. The highest BCUT2D eigenvalue weighted by Crippen LogP contribution is 2.32. The van der Waals surface area contributed by atoms with Crippen LogP contribution in [0.1, 0.15) is 6.42 Å². The maximum Gasteiger partial charge on any atom is 0.124 e. The molecular formula is C8H15FO6. The van der Waals surface area contributed by atoms with Gasteiger partial charge < -0.3 is 30.6 Å². The van der Waals surface area contributed by atoms with Crippen molar-refractivity contribution >= 4 is 0 Å². The van der Waals surface area contributed by atoms with Gasteiger partial charge in [0.25, 0.3) is 0 Å². The molecule has 15 heavy (non-hydrogen) atoms. The van der Waals surface area contributed by atoms with Gasteiger partial charge in [-0.3, -0.25) is 4.39 Å². The molecule has 0 aromatic heterocycles. The summed E-state index contributed by atoms with van der Waals surface area (Å²) in [4.78, 5) is 0. The summed E-state index contributed by atoms with van der Waals surface area (Å²) in [6.07, 6.45) is -9.92. The van der Waals surface area contributed by atoms with Crippen LogP contribution in [0.15, 0.2) is 0 Å². The van der Waals surface area contributed by atoms with Crippen LogP contribution in [0.2, 0.25) is 0 Å². The van der Waals surface area contributed by atoms with Crippen molar-refractivity contribution in [2.45, 2.75) is 42.5 Å². The number of aliphatic hydroxyl groups is 6. The molecule has 6 atom stereocenters. The summed E-state index contributed by atoms with van der Waals surface area (Å²) in [5.74, 6) is 0. The summed E-state index contributed by atoms with van der Waals surface area (Å²) >= 11 is 0. The number of halogens is 1. The third-order valence-electron chi connectivity index (χ3n) is 2.87. The minimum absolute atomic E-state index is 0.643. The SMILES string of the molecule is OC1C(O)[C@](O)(CCF)[C@@H](O)C(O)[C@H]1O.